The summed E-state index contributed by atoms with van der Waals surface area (Å²) in [6, 6.07) is 9.13. The van der Waals surface area contributed by atoms with Crippen molar-refractivity contribution in [2.45, 2.75) is 25.3 Å². The number of benzene rings is 1. The average Bonchev–Trinajstić information content (AvgIpc) is 2.67. The number of piperazine rings is 1. The minimum atomic E-state index is -0.634. The standard InChI is InChI=1S/C19H22N4O3/c24-17-16(12-20-19(26)21-17)18(25)23-9-7-22(8-10-23)15-6-5-13-3-1-2-4-14(13)11-15/h1-4,12,15H,5-11H2,(H2,20,21,24,26). The number of carbonyl (C=O) groups excluding carboxylic acids is 1. The van der Waals surface area contributed by atoms with Gasteiger partial charge in [-0.3, -0.25) is 19.5 Å². The van der Waals surface area contributed by atoms with Gasteiger partial charge in [0.25, 0.3) is 11.5 Å². The van der Waals surface area contributed by atoms with Crippen molar-refractivity contribution in [2.24, 2.45) is 0 Å². The van der Waals surface area contributed by atoms with E-state index in [0.29, 0.717) is 19.1 Å². The van der Waals surface area contributed by atoms with Crippen LogP contribution in [0.15, 0.2) is 40.1 Å². The number of rotatable bonds is 2. The summed E-state index contributed by atoms with van der Waals surface area (Å²) in [4.78, 5) is 44.1. The maximum Gasteiger partial charge on any atom is 0.325 e. The van der Waals surface area contributed by atoms with E-state index in [1.165, 1.54) is 17.3 Å². The van der Waals surface area contributed by atoms with Crippen LogP contribution in [0.25, 0.3) is 0 Å². The van der Waals surface area contributed by atoms with Crippen molar-refractivity contribution in [1.29, 1.82) is 0 Å². The highest BCUT2D eigenvalue weighted by molar-refractivity contribution is 5.93. The number of aryl methyl sites for hydroxylation is 1. The van der Waals surface area contributed by atoms with Gasteiger partial charge in [-0.15, -0.1) is 0 Å². The predicted octanol–water partition coefficient (Wildman–Crippen LogP) is 0.379. The molecule has 1 unspecified atom stereocenters. The first-order valence-electron chi connectivity index (χ1n) is 9.04. The lowest BCUT2D eigenvalue weighted by molar-refractivity contribution is 0.0551. The highest BCUT2D eigenvalue weighted by Gasteiger charge is 2.29. The third-order valence-corrected chi connectivity index (χ3v) is 5.49. The van der Waals surface area contributed by atoms with E-state index < -0.39 is 11.2 Å². The van der Waals surface area contributed by atoms with E-state index in [1.807, 2.05) is 0 Å². The lowest BCUT2D eigenvalue weighted by atomic mass is 9.87. The van der Waals surface area contributed by atoms with Gasteiger partial charge < -0.3 is 9.88 Å². The zero-order chi connectivity index (χ0) is 18.1. The number of aromatic amines is 2. The van der Waals surface area contributed by atoms with Crippen LogP contribution in [0.2, 0.25) is 0 Å². The normalized spacial score (nSPS) is 20.6. The number of carbonyl (C=O) groups is 1. The Labute approximate surface area is 150 Å². The first-order valence-corrected chi connectivity index (χ1v) is 9.04. The van der Waals surface area contributed by atoms with Gasteiger partial charge in [0.15, 0.2) is 0 Å². The van der Waals surface area contributed by atoms with Crippen molar-refractivity contribution in [2.75, 3.05) is 26.2 Å². The quantitative estimate of drug-likeness (QED) is 0.816. The lowest BCUT2D eigenvalue weighted by Crippen LogP contribution is -2.53. The molecule has 26 heavy (non-hydrogen) atoms. The van der Waals surface area contributed by atoms with Gasteiger partial charge in [-0.1, -0.05) is 24.3 Å². The summed E-state index contributed by atoms with van der Waals surface area (Å²) in [6.45, 7) is 2.80. The van der Waals surface area contributed by atoms with E-state index in [0.717, 1.165) is 32.4 Å². The Bertz CT molecular complexity index is 925. The number of fused-ring (bicyclic) bond motifs is 1. The number of hydrogen-bond acceptors (Lipinski definition) is 4. The second kappa shape index (κ2) is 6.92. The molecule has 0 saturated carbocycles. The number of amides is 1. The lowest BCUT2D eigenvalue weighted by Gasteiger charge is -2.41. The van der Waals surface area contributed by atoms with Gasteiger partial charge in [0.2, 0.25) is 0 Å². The predicted molar refractivity (Wildman–Crippen MR) is 97.4 cm³/mol. The highest BCUT2D eigenvalue weighted by atomic mass is 16.2. The first-order chi connectivity index (χ1) is 12.6. The molecule has 1 saturated heterocycles. The van der Waals surface area contributed by atoms with E-state index in [4.69, 9.17) is 0 Å². The molecule has 1 aliphatic heterocycles. The van der Waals surface area contributed by atoms with E-state index in [1.54, 1.807) is 4.90 Å². The summed E-state index contributed by atoms with van der Waals surface area (Å²) in [5, 5.41) is 0. The molecule has 2 aromatic rings. The zero-order valence-corrected chi connectivity index (χ0v) is 14.5. The maximum atomic E-state index is 12.5. The molecule has 1 amide bonds. The zero-order valence-electron chi connectivity index (χ0n) is 14.5. The number of aromatic nitrogens is 2. The van der Waals surface area contributed by atoms with Crippen LogP contribution in [0.3, 0.4) is 0 Å². The molecule has 0 spiro atoms. The minimum absolute atomic E-state index is 0.00959. The second-order valence-electron chi connectivity index (χ2n) is 6.98. The van der Waals surface area contributed by atoms with Crippen molar-refractivity contribution in [3.8, 4) is 0 Å². The molecular weight excluding hydrogens is 332 g/mol. The van der Waals surface area contributed by atoms with Gasteiger partial charge in [-0.05, 0) is 30.4 Å². The summed E-state index contributed by atoms with van der Waals surface area (Å²) < 4.78 is 0. The molecule has 1 aromatic heterocycles. The number of hydrogen-bond donors (Lipinski definition) is 2. The van der Waals surface area contributed by atoms with E-state index >= 15 is 0 Å². The fourth-order valence-electron chi connectivity index (χ4n) is 4.02. The van der Waals surface area contributed by atoms with Crippen LogP contribution in [-0.4, -0.2) is 57.9 Å². The summed E-state index contributed by atoms with van der Waals surface area (Å²) in [6.07, 6.45) is 4.51. The molecule has 0 bridgehead atoms. The van der Waals surface area contributed by atoms with Crippen LogP contribution in [0, 0.1) is 0 Å². The summed E-state index contributed by atoms with van der Waals surface area (Å²) >= 11 is 0. The van der Waals surface area contributed by atoms with Gasteiger partial charge in [0.05, 0.1) is 0 Å². The third-order valence-electron chi connectivity index (χ3n) is 5.49. The number of nitrogens with zero attached hydrogens (tertiary/aromatic N) is 2. The molecule has 2 aliphatic rings. The Kier molecular flexibility index (Phi) is 4.46. The SMILES string of the molecule is O=C(c1c[nH]c(=O)[nH]c1=O)N1CCN(C2CCc3ccccc3C2)CC1. The average molecular weight is 354 g/mol. The Balaban J connectivity index is 1.39. The number of H-pyrrole nitrogens is 2. The van der Waals surface area contributed by atoms with Crippen LogP contribution < -0.4 is 11.2 Å². The molecule has 4 rings (SSSR count). The summed E-state index contributed by atoms with van der Waals surface area (Å²) in [5.74, 6) is -0.323. The Morgan fingerprint density at radius 2 is 1.77 bits per heavy atom. The monoisotopic (exact) mass is 354 g/mol. The van der Waals surface area contributed by atoms with Crippen LogP contribution >= 0.6 is 0 Å². The first kappa shape index (κ1) is 16.8. The molecule has 1 atom stereocenters. The molecule has 1 aromatic carbocycles. The van der Waals surface area contributed by atoms with E-state index in [-0.39, 0.29) is 11.5 Å². The topological polar surface area (TPSA) is 89.3 Å². The van der Waals surface area contributed by atoms with Crippen molar-refractivity contribution in [1.82, 2.24) is 19.8 Å². The molecule has 0 radical (unpaired) electrons. The summed E-state index contributed by atoms with van der Waals surface area (Å²) in [5.41, 5.74) is 1.64. The van der Waals surface area contributed by atoms with E-state index in [2.05, 4.69) is 39.1 Å². The van der Waals surface area contributed by atoms with Crippen LogP contribution in [0.4, 0.5) is 0 Å². The van der Waals surface area contributed by atoms with Gasteiger partial charge in [-0.25, -0.2) is 4.79 Å². The fraction of sp³-hybridized carbons (Fsp3) is 0.421. The molecular formula is C19H22N4O3. The minimum Gasteiger partial charge on any atom is -0.336 e. The molecule has 1 fully saturated rings. The Morgan fingerprint density at radius 3 is 2.50 bits per heavy atom. The molecule has 7 heteroatoms. The van der Waals surface area contributed by atoms with Crippen molar-refractivity contribution < 1.29 is 4.79 Å². The second-order valence-corrected chi connectivity index (χ2v) is 6.98. The largest absolute Gasteiger partial charge is 0.336 e. The van der Waals surface area contributed by atoms with Gasteiger partial charge in [0, 0.05) is 38.4 Å². The van der Waals surface area contributed by atoms with Crippen LogP contribution in [0.5, 0.6) is 0 Å². The maximum absolute atomic E-state index is 12.5. The number of nitrogens with one attached hydrogen (secondary N) is 2. The van der Waals surface area contributed by atoms with Gasteiger partial charge >= 0.3 is 5.69 Å². The smallest absolute Gasteiger partial charge is 0.325 e. The van der Waals surface area contributed by atoms with Crippen LogP contribution in [0.1, 0.15) is 27.9 Å². The molecule has 7 nitrogen and oxygen atoms in total. The van der Waals surface area contributed by atoms with Gasteiger partial charge in [-0.2, -0.15) is 0 Å². The third kappa shape index (κ3) is 3.22. The Hall–Kier alpha value is -2.67. The highest BCUT2D eigenvalue weighted by Crippen LogP contribution is 2.25. The Morgan fingerprint density at radius 1 is 1.04 bits per heavy atom. The fourth-order valence-corrected chi connectivity index (χ4v) is 4.02. The van der Waals surface area contributed by atoms with Crippen molar-refractivity contribution >= 4 is 5.91 Å². The van der Waals surface area contributed by atoms with Gasteiger partial charge in [0.1, 0.15) is 5.56 Å². The summed E-state index contributed by atoms with van der Waals surface area (Å²) in [7, 11) is 0. The molecule has 2 heterocycles. The van der Waals surface area contributed by atoms with Crippen molar-refractivity contribution in [3.63, 3.8) is 0 Å². The molecule has 2 N–H and O–H groups in total. The molecule has 1 aliphatic carbocycles. The van der Waals surface area contributed by atoms with Crippen LogP contribution in [-0.2, 0) is 12.8 Å². The van der Waals surface area contributed by atoms with E-state index in [9.17, 15) is 14.4 Å². The van der Waals surface area contributed by atoms with Crippen molar-refractivity contribution in [3.05, 3.63) is 68.0 Å². The molecule has 136 valence electrons.